The highest BCUT2D eigenvalue weighted by atomic mass is 127. The first-order valence-electron chi connectivity index (χ1n) is 11.4. The molecule has 0 bridgehead atoms. The van der Waals surface area contributed by atoms with Gasteiger partial charge in [0.1, 0.15) is 5.60 Å². The number of likely N-dealkylation sites (tertiary alicyclic amines) is 1. The molecule has 1 heterocycles. The molecule has 1 atom stereocenters. The van der Waals surface area contributed by atoms with Crippen molar-refractivity contribution in [3.63, 3.8) is 0 Å². The van der Waals surface area contributed by atoms with Gasteiger partial charge in [-0.15, -0.1) is 24.0 Å². The zero-order chi connectivity index (χ0) is 22.9. The number of hydrogen-bond acceptors (Lipinski definition) is 4. The molecule has 2 rings (SSSR count). The quantitative estimate of drug-likeness (QED) is 0.300. The van der Waals surface area contributed by atoms with Gasteiger partial charge < -0.3 is 25.2 Å². The fourth-order valence-corrected chi connectivity index (χ4v) is 3.69. The number of ether oxygens (including phenoxy) is 1. The average Bonchev–Trinajstić information content (AvgIpc) is 2.74. The Morgan fingerprint density at radius 1 is 1.22 bits per heavy atom. The molecule has 1 aromatic rings. The van der Waals surface area contributed by atoms with Crippen LogP contribution in [-0.2, 0) is 17.8 Å². The molecule has 2 N–H and O–H groups in total. The van der Waals surface area contributed by atoms with Gasteiger partial charge in [-0.2, -0.15) is 0 Å². The van der Waals surface area contributed by atoms with E-state index in [1.807, 2.05) is 27.8 Å². The van der Waals surface area contributed by atoms with Gasteiger partial charge in [0.05, 0.1) is 0 Å². The molecule has 8 heteroatoms. The highest BCUT2D eigenvalue weighted by Gasteiger charge is 2.20. The molecule has 1 amide bonds. The van der Waals surface area contributed by atoms with Crippen LogP contribution in [0.3, 0.4) is 0 Å². The highest BCUT2D eigenvalue weighted by Crippen LogP contribution is 2.15. The standard InChI is InChI=1S/C24H41N5O2.HI/c1-7-29-14-8-9-21(18-29)16-27-22(25-5)26-15-19-10-12-20(13-11-19)17-28(6)23(30)31-24(2,3)4;/h10-13,21H,7-9,14-18H2,1-6H3,(H2,25,26,27);1H. The van der Waals surface area contributed by atoms with E-state index in [0.717, 1.165) is 24.6 Å². The number of aliphatic imine (C=N–C) groups is 1. The zero-order valence-electron chi connectivity index (χ0n) is 20.6. The third-order valence-corrected chi connectivity index (χ3v) is 5.44. The van der Waals surface area contributed by atoms with Gasteiger partial charge in [0.2, 0.25) is 0 Å². The number of piperidine rings is 1. The summed E-state index contributed by atoms with van der Waals surface area (Å²) in [6, 6.07) is 8.27. The van der Waals surface area contributed by atoms with Crippen LogP contribution in [0.15, 0.2) is 29.3 Å². The van der Waals surface area contributed by atoms with Gasteiger partial charge in [0.15, 0.2) is 5.96 Å². The second-order valence-corrected chi connectivity index (χ2v) is 9.36. The second-order valence-electron chi connectivity index (χ2n) is 9.36. The number of guanidine groups is 1. The van der Waals surface area contributed by atoms with Crippen LogP contribution in [-0.4, -0.2) is 67.7 Å². The molecule has 0 saturated carbocycles. The van der Waals surface area contributed by atoms with E-state index in [-0.39, 0.29) is 30.1 Å². The van der Waals surface area contributed by atoms with Crippen molar-refractivity contribution in [2.45, 2.75) is 59.2 Å². The van der Waals surface area contributed by atoms with E-state index in [0.29, 0.717) is 19.0 Å². The van der Waals surface area contributed by atoms with E-state index in [2.05, 4.69) is 51.7 Å². The van der Waals surface area contributed by atoms with Gasteiger partial charge in [0, 0.05) is 40.3 Å². The van der Waals surface area contributed by atoms with Crippen LogP contribution in [0.1, 0.15) is 51.7 Å². The number of carbonyl (C=O) groups is 1. The molecule has 182 valence electrons. The van der Waals surface area contributed by atoms with Crippen LogP contribution in [0.2, 0.25) is 0 Å². The monoisotopic (exact) mass is 559 g/mol. The first kappa shape index (κ1) is 28.5. The Morgan fingerprint density at radius 2 is 1.88 bits per heavy atom. The molecular weight excluding hydrogens is 517 g/mol. The Bertz CT molecular complexity index is 718. The lowest BCUT2D eigenvalue weighted by Crippen LogP contribution is -2.44. The van der Waals surface area contributed by atoms with Crippen LogP contribution in [0, 0.1) is 5.92 Å². The van der Waals surface area contributed by atoms with Crippen LogP contribution in [0.4, 0.5) is 4.79 Å². The van der Waals surface area contributed by atoms with E-state index >= 15 is 0 Å². The maximum Gasteiger partial charge on any atom is 0.410 e. The van der Waals surface area contributed by atoms with Gasteiger partial charge in [-0.25, -0.2) is 4.79 Å². The van der Waals surface area contributed by atoms with Crippen LogP contribution < -0.4 is 10.6 Å². The normalized spacial score (nSPS) is 17.3. The summed E-state index contributed by atoms with van der Waals surface area (Å²) >= 11 is 0. The van der Waals surface area contributed by atoms with Gasteiger partial charge in [0.25, 0.3) is 0 Å². The van der Waals surface area contributed by atoms with E-state index in [1.54, 1.807) is 11.9 Å². The van der Waals surface area contributed by atoms with E-state index in [9.17, 15) is 4.79 Å². The molecule has 1 unspecified atom stereocenters. The summed E-state index contributed by atoms with van der Waals surface area (Å²) in [4.78, 5) is 20.6. The van der Waals surface area contributed by atoms with Crippen molar-refractivity contribution in [2.75, 3.05) is 40.3 Å². The van der Waals surface area contributed by atoms with Crippen molar-refractivity contribution in [3.8, 4) is 0 Å². The van der Waals surface area contributed by atoms with Crippen LogP contribution in [0.25, 0.3) is 0 Å². The molecule has 1 fully saturated rings. The average molecular weight is 560 g/mol. The maximum atomic E-state index is 12.1. The fraction of sp³-hybridized carbons (Fsp3) is 0.667. The summed E-state index contributed by atoms with van der Waals surface area (Å²) < 4.78 is 5.41. The van der Waals surface area contributed by atoms with Crippen molar-refractivity contribution in [3.05, 3.63) is 35.4 Å². The Kier molecular flexibility index (Phi) is 12.3. The molecule has 7 nitrogen and oxygen atoms in total. The van der Waals surface area contributed by atoms with Crippen molar-refractivity contribution in [2.24, 2.45) is 10.9 Å². The molecule has 1 aromatic carbocycles. The summed E-state index contributed by atoms with van der Waals surface area (Å²) in [7, 11) is 3.56. The highest BCUT2D eigenvalue weighted by molar-refractivity contribution is 14.0. The summed E-state index contributed by atoms with van der Waals surface area (Å²) in [5.41, 5.74) is 1.75. The number of carbonyl (C=O) groups excluding carboxylic acids is 1. The summed E-state index contributed by atoms with van der Waals surface area (Å²) in [6.45, 7) is 13.5. The number of benzene rings is 1. The smallest absolute Gasteiger partial charge is 0.410 e. The van der Waals surface area contributed by atoms with Crippen molar-refractivity contribution in [1.29, 1.82) is 0 Å². The minimum absolute atomic E-state index is 0. The SMILES string of the molecule is CCN1CCCC(CNC(=NC)NCc2ccc(CN(C)C(=O)OC(C)(C)C)cc2)C1.I. The fourth-order valence-electron chi connectivity index (χ4n) is 3.69. The van der Waals surface area contributed by atoms with Gasteiger partial charge in [-0.1, -0.05) is 31.2 Å². The van der Waals surface area contributed by atoms with Crippen molar-refractivity contribution in [1.82, 2.24) is 20.4 Å². The molecule has 1 aliphatic heterocycles. The minimum Gasteiger partial charge on any atom is -0.444 e. The minimum atomic E-state index is -0.486. The van der Waals surface area contributed by atoms with E-state index < -0.39 is 5.60 Å². The predicted octanol–water partition coefficient (Wildman–Crippen LogP) is 4.07. The van der Waals surface area contributed by atoms with E-state index in [1.165, 1.54) is 31.5 Å². The molecule has 1 aliphatic rings. The molecular formula is C24H42IN5O2. The lowest BCUT2D eigenvalue weighted by Gasteiger charge is -2.32. The molecule has 1 saturated heterocycles. The van der Waals surface area contributed by atoms with Crippen LogP contribution >= 0.6 is 24.0 Å². The first-order valence-corrected chi connectivity index (χ1v) is 11.4. The maximum absolute atomic E-state index is 12.1. The molecule has 0 aliphatic carbocycles. The van der Waals surface area contributed by atoms with Crippen LogP contribution in [0.5, 0.6) is 0 Å². The second kappa shape index (κ2) is 13.9. The Balaban J connectivity index is 0.00000512. The number of nitrogens with one attached hydrogen (secondary N) is 2. The van der Waals surface area contributed by atoms with Crippen molar-refractivity contribution < 1.29 is 9.53 Å². The first-order chi connectivity index (χ1) is 14.7. The van der Waals surface area contributed by atoms with Gasteiger partial charge >= 0.3 is 6.09 Å². The predicted molar refractivity (Wildman–Crippen MR) is 143 cm³/mol. The summed E-state index contributed by atoms with van der Waals surface area (Å²) in [5.74, 6) is 1.51. The number of rotatable bonds is 7. The van der Waals surface area contributed by atoms with Gasteiger partial charge in [-0.3, -0.25) is 4.99 Å². The Hall–Kier alpha value is -1.55. The largest absolute Gasteiger partial charge is 0.444 e. The third kappa shape index (κ3) is 10.4. The van der Waals surface area contributed by atoms with Crippen molar-refractivity contribution >= 4 is 36.0 Å². The Labute approximate surface area is 211 Å². The Morgan fingerprint density at radius 3 is 2.47 bits per heavy atom. The molecule has 0 aromatic heterocycles. The summed E-state index contributed by atoms with van der Waals surface area (Å²) in [6.07, 6.45) is 2.25. The van der Waals surface area contributed by atoms with Gasteiger partial charge in [-0.05, 0) is 63.7 Å². The summed E-state index contributed by atoms with van der Waals surface area (Å²) in [5, 5.41) is 6.87. The number of halogens is 1. The van der Waals surface area contributed by atoms with E-state index in [4.69, 9.17) is 4.74 Å². The lowest BCUT2D eigenvalue weighted by molar-refractivity contribution is 0.0285. The topological polar surface area (TPSA) is 69.2 Å². The zero-order valence-corrected chi connectivity index (χ0v) is 22.9. The lowest BCUT2D eigenvalue weighted by atomic mass is 9.98. The molecule has 0 radical (unpaired) electrons. The number of hydrogen-bond donors (Lipinski definition) is 2. The molecule has 0 spiro atoms. The molecule has 32 heavy (non-hydrogen) atoms. The number of amides is 1. The third-order valence-electron chi connectivity index (χ3n) is 5.44. The number of nitrogens with zero attached hydrogens (tertiary/aromatic N) is 3.